The number of hydrogen-bond donors (Lipinski definition) is 2. The molecule has 0 unspecified atom stereocenters. The number of nitrogen functional groups attached to an aromatic ring is 1. The molecule has 2 heterocycles. The standard InChI is InChI=1S/C22H19N3O2S/c23-22(24)21-10-17-6-7-19(11-20(17)28-21)26-13-15-3-1-5-18(9-15)27-14-16-4-2-8-25-12-16/h1-12H,13-14H2,(H3,23,24). The zero-order valence-corrected chi connectivity index (χ0v) is 15.9. The summed E-state index contributed by atoms with van der Waals surface area (Å²) in [5.41, 5.74) is 7.63. The molecule has 28 heavy (non-hydrogen) atoms. The van der Waals surface area contributed by atoms with Gasteiger partial charge in [0.25, 0.3) is 0 Å². The van der Waals surface area contributed by atoms with E-state index in [9.17, 15) is 0 Å². The fourth-order valence-electron chi connectivity index (χ4n) is 2.78. The summed E-state index contributed by atoms with van der Waals surface area (Å²) < 4.78 is 12.8. The second-order valence-electron chi connectivity index (χ2n) is 6.31. The van der Waals surface area contributed by atoms with Gasteiger partial charge in [-0.2, -0.15) is 0 Å². The average molecular weight is 389 g/mol. The van der Waals surface area contributed by atoms with Crippen molar-refractivity contribution in [1.82, 2.24) is 4.98 Å². The van der Waals surface area contributed by atoms with Gasteiger partial charge in [0.15, 0.2) is 0 Å². The number of hydrogen-bond acceptors (Lipinski definition) is 5. The molecule has 140 valence electrons. The Balaban J connectivity index is 1.40. The third-order valence-electron chi connectivity index (χ3n) is 4.19. The molecule has 5 nitrogen and oxygen atoms in total. The van der Waals surface area contributed by atoms with E-state index in [1.807, 2.05) is 60.7 Å². The van der Waals surface area contributed by atoms with Crippen molar-refractivity contribution < 1.29 is 9.47 Å². The first kappa shape index (κ1) is 18.0. The van der Waals surface area contributed by atoms with E-state index in [0.29, 0.717) is 13.2 Å². The van der Waals surface area contributed by atoms with Gasteiger partial charge in [-0.25, -0.2) is 0 Å². The van der Waals surface area contributed by atoms with Crippen molar-refractivity contribution >= 4 is 27.3 Å². The number of ether oxygens (including phenoxy) is 2. The highest BCUT2D eigenvalue weighted by Crippen LogP contribution is 2.29. The van der Waals surface area contributed by atoms with Crippen LogP contribution in [0.5, 0.6) is 11.5 Å². The number of rotatable bonds is 7. The lowest BCUT2D eigenvalue weighted by Crippen LogP contribution is -2.08. The van der Waals surface area contributed by atoms with Gasteiger partial charge in [0, 0.05) is 22.7 Å². The normalized spacial score (nSPS) is 10.7. The van der Waals surface area contributed by atoms with Gasteiger partial charge in [0.05, 0.1) is 4.88 Å². The summed E-state index contributed by atoms with van der Waals surface area (Å²) in [5.74, 6) is 1.67. The molecule has 0 bridgehead atoms. The number of aromatic nitrogens is 1. The molecule has 0 spiro atoms. The molecule has 4 rings (SSSR count). The average Bonchev–Trinajstić information content (AvgIpc) is 3.16. The first-order chi connectivity index (χ1) is 13.7. The molecule has 0 saturated heterocycles. The third-order valence-corrected chi connectivity index (χ3v) is 5.32. The van der Waals surface area contributed by atoms with Crippen molar-refractivity contribution in [2.24, 2.45) is 5.73 Å². The van der Waals surface area contributed by atoms with Gasteiger partial charge in [-0.05, 0) is 53.4 Å². The molecule has 0 amide bonds. The van der Waals surface area contributed by atoms with E-state index < -0.39 is 0 Å². The van der Waals surface area contributed by atoms with E-state index in [0.717, 1.165) is 37.6 Å². The zero-order chi connectivity index (χ0) is 19.3. The van der Waals surface area contributed by atoms with Crippen LogP contribution >= 0.6 is 11.3 Å². The fraction of sp³-hybridized carbons (Fsp3) is 0.0909. The van der Waals surface area contributed by atoms with Crippen molar-refractivity contribution in [3.8, 4) is 11.5 Å². The molecule has 0 atom stereocenters. The van der Waals surface area contributed by atoms with E-state index in [2.05, 4.69) is 4.98 Å². The predicted octanol–water partition coefficient (Wildman–Crippen LogP) is 4.74. The quantitative estimate of drug-likeness (QED) is 0.353. The molecule has 0 aliphatic carbocycles. The van der Waals surface area contributed by atoms with E-state index in [-0.39, 0.29) is 5.84 Å². The van der Waals surface area contributed by atoms with Gasteiger partial charge in [-0.1, -0.05) is 18.2 Å². The SMILES string of the molecule is N=C(N)c1cc2ccc(OCc3cccc(OCc4cccnc4)c3)cc2s1. The topological polar surface area (TPSA) is 81.2 Å². The lowest BCUT2D eigenvalue weighted by atomic mass is 10.2. The minimum absolute atomic E-state index is 0.0896. The van der Waals surface area contributed by atoms with Crippen LogP contribution in [0.2, 0.25) is 0 Å². The van der Waals surface area contributed by atoms with E-state index >= 15 is 0 Å². The second kappa shape index (κ2) is 8.10. The van der Waals surface area contributed by atoms with Crippen LogP contribution in [0.4, 0.5) is 0 Å². The molecule has 4 aromatic rings. The van der Waals surface area contributed by atoms with E-state index in [1.54, 1.807) is 12.4 Å². The number of benzene rings is 2. The monoisotopic (exact) mass is 389 g/mol. The van der Waals surface area contributed by atoms with Crippen LogP contribution in [0, 0.1) is 5.41 Å². The highest BCUT2D eigenvalue weighted by molar-refractivity contribution is 7.20. The summed E-state index contributed by atoms with van der Waals surface area (Å²) in [4.78, 5) is 4.86. The molecule has 0 aliphatic rings. The number of thiophene rings is 1. The number of nitrogens with one attached hydrogen (secondary N) is 1. The Morgan fingerprint density at radius 2 is 1.71 bits per heavy atom. The minimum atomic E-state index is 0.0896. The molecule has 2 aromatic heterocycles. The van der Waals surface area contributed by atoms with Crippen LogP contribution in [0.1, 0.15) is 16.0 Å². The lowest BCUT2D eigenvalue weighted by Gasteiger charge is -2.09. The van der Waals surface area contributed by atoms with E-state index in [1.165, 1.54) is 11.3 Å². The fourth-order valence-corrected chi connectivity index (χ4v) is 3.73. The first-order valence-electron chi connectivity index (χ1n) is 8.79. The summed E-state index contributed by atoms with van der Waals surface area (Å²) in [7, 11) is 0. The molecule has 0 fully saturated rings. The zero-order valence-electron chi connectivity index (χ0n) is 15.1. The van der Waals surface area contributed by atoms with Crippen LogP contribution < -0.4 is 15.2 Å². The molecule has 2 aromatic carbocycles. The summed E-state index contributed by atoms with van der Waals surface area (Å²) >= 11 is 1.49. The summed E-state index contributed by atoms with van der Waals surface area (Å²) in [6, 6.07) is 19.6. The Morgan fingerprint density at radius 1 is 0.929 bits per heavy atom. The van der Waals surface area contributed by atoms with E-state index in [4.69, 9.17) is 20.6 Å². The predicted molar refractivity (Wildman–Crippen MR) is 112 cm³/mol. The Morgan fingerprint density at radius 3 is 2.50 bits per heavy atom. The van der Waals surface area contributed by atoms with Gasteiger partial charge in [-0.3, -0.25) is 10.4 Å². The van der Waals surface area contributed by atoms with Crippen molar-refractivity contribution in [3.63, 3.8) is 0 Å². The van der Waals surface area contributed by atoms with Crippen molar-refractivity contribution in [2.45, 2.75) is 13.2 Å². The second-order valence-corrected chi connectivity index (χ2v) is 7.39. The number of nitrogens with zero attached hydrogens (tertiary/aromatic N) is 1. The number of fused-ring (bicyclic) bond motifs is 1. The smallest absolute Gasteiger partial charge is 0.133 e. The number of pyridine rings is 1. The maximum atomic E-state index is 7.57. The van der Waals surface area contributed by atoms with Crippen LogP contribution in [-0.4, -0.2) is 10.8 Å². The van der Waals surface area contributed by atoms with Crippen molar-refractivity contribution in [3.05, 3.63) is 89.1 Å². The maximum absolute atomic E-state index is 7.57. The first-order valence-corrected chi connectivity index (χ1v) is 9.60. The highest BCUT2D eigenvalue weighted by atomic mass is 32.1. The molecular weight excluding hydrogens is 370 g/mol. The Labute approximate surface area is 166 Å². The van der Waals surface area contributed by atoms with Crippen LogP contribution in [0.25, 0.3) is 10.1 Å². The maximum Gasteiger partial charge on any atom is 0.133 e. The summed E-state index contributed by atoms with van der Waals surface area (Å²) in [5, 5.41) is 8.63. The minimum Gasteiger partial charge on any atom is -0.489 e. The van der Waals surface area contributed by atoms with Gasteiger partial charge >= 0.3 is 0 Å². The Bertz CT molecular complexity index is 1110. The Hall–Kier alpha value is -3.38. The van der Waals surface area contributed by atoms with Gasteiger partial charge in [0.1, 0.15) is 30.5 Å². The molecule has 0 radical (unpaired) electrons. The summed E-state index contributed by atoms with van der Waals surface area (Å²) in [6.07, 6.45) is 3.54. The van der Waals surface area contributed by atoms with Crippen molar-refractivity contribution in [1.29, 1.82) is 5.41 Å². The van der Waals surface area contributed by atoms with Crippen LogP contribution in [0.15, 0.2) is 73.1 Å². The summed E-state index contributed by atoms with van der Waals surface area (Å²) in [6.45, 7) is 0.923. The molecule has 0 saturated carbocycles. The number of amidine groups is 1. The molecule has 0 aliphatic heterocycles. The van der Waals surface area contributed by atoms with Gasteiger partial charge < -0.3 is 15.2 Å². The third kappa shape index (κ3) is 4.29. The Kier molecular flexibility index (Phi) is 5.21. The lowest BCUT2D eigenvalue weighted by molar-refractivity contribution is 0.296. The molecule has 6 heteroatoms. The van der Waals surface area contributed by atoms with Gasteiger partial charge in [0.2, 0.25) is 0 Å². The highest BCUT2D eigenvalue weighted by Gasteiger charge is 2.06. The molecule has 3 N–H and O–H groups in total. The van der Waals surface area contributed by atoms with Crippen LogP contribution in [0.3, 0.4) is 0 Å². The van der Waals surface area contributed by atoms with Gasteiger partial charge in [-0.15, -0.1) is 11.3 Å². The van der Waals surface area contributed by atoms with Crippen LogP contribution in [-0.2, 0) is 13.2 Å². The largest absolute Gasteiger partial charge is 0.489 e. The number of nitrogens with two attached hydrogens (primary N) is 1. The van der Waals surface area contributed by atoms with Crippen molar-refractivity contribution in [2.75, 3.05) is 0 Å². The molecular formula is C22H19N3O2S.